The normalized spacial score (nSPS) is 16.7. The Morgan fingerprint density at radius 1 is 1.14 bits per heavy atom. The van der Waals surface area contributed by atoms with Crippen molar-refractivity contribution in [2.45, 2.75) is 64.4 Å². The number of nitrogens with zero attached hydrogens (tertiary/aromatic N) is 2. The van der Waals surface area contributed by atoms with Crippen molar-refractivity contribution in [2.75, 3.05) is 6.54 Å². The summed E-state index contributed by atoms with van der Waals surface area (Å²) in [5.74, 6) is -1.91. The third-order valence-electron chi connectivity index (χ3n) is 5.93. The van der Waals surface area contributed by atoms with Gasteiger partial charge in [0, 0.05) is 31.2 Å². The van der Waals surface area contributed by atoms with E-state index >= 15 is 0 Å². The van der Waals surface area contributed by atoms with Crippen LogP contribution >= 0.6 is 0 Å². The fourth-order valence-electron chi connectivity index (χ4n) is 4.25. The molecule has 1 fully saturated rings. The average Bonchev–Trinajstić information content (AvgIpc) is 3.24. The third-order valence-corrected chi connectivity index (χ3v) is 5.93. The molecule has 0 unspecified atom stereocenters. The van der Waals surface area contributed by atoms with Crippen LogP contribution in [0.3, 0.4) is 0 Å². The number of Topliss-reactive ketones (excluding diaryl/α,β-unsaturated/α-hetero) is 1. The van der Waals surface area contributed by atoms with Crippen LogP contribution < -0.4 is 10.6 Å². The molecule has 1 aliphatic heterocycles. The highest BCUT2D eigenvalue weighted by Crippen LogP contribution is 2.32. The van der Waals surface area contributed by atoms with Crippen molar-refractivity contribution in [3.8, 4) is 0 Å². The Bertz CT molecular complexity index is 1070. The fraction of sp³-hybridized carbons (Fsp3) is 0.462. The van der Waals surface area contributed by atoms with Crippen LogP contribution in [0.25, 0.3) is 0 Å². The number of carbonyl (C=O) groups excluding carboxylic acids is 4. The van der Waals surface area contributed by atoms with Crippen molar-refractivity contribution in [3.63, 3.8) is 0 Å². The first-order valence-corrected chi connectivity index (χ1v) is 12.5. The lowest BCUT2D eigenvalue weighted by Crippen LogP contribution is -2.44. The minimum absolute atomic E-state index is 0.0161. The van der Waals surface area contributed by atoms with Crippen LogP contribution in [-0.2, 0) is 30.1 Å². The van der Waals surface area contributed by atoms with E-state index in [1.807, 2.05) is 44.2 Å². The lowest BCUT2D eigenvalue weighted by Gasteiger charge is -2.23. The molecule has 37 heavy (non-hydrogen) atoms. The second-order valence-corrected chi connectivity index (χ2v) is 9.45. The molecule has 10 nitrogen and oxygen atoms in total. The summed E-state index contributed by atoms with van der Waals surface area (Å²) in [4.78, 5) is 58.7. The zero-order valence-corrected chi connectivity index (χ0v) is 21.4. The van der Waals surface area contributed by atoms with Crippen molar-refractivity contribution >= 4 is 30.7 Å². The molecule has 0 saturated carbocycles. The number of amides is 2. The molecule has 196 valence electrons. The molecule has 1 aromatic carbocycles. The standard InChI is InChI=1S/C26H33BN4O6/c1-4-29-24(33)15-23-26(35)37-27(36-23)19(12-17(2)3)14-22(32)20(13-18-8-6-5-7-9-18)31-25(34)21-16-28-10-11-30-21/h5-11,16-17,19-20,23H,4,12-15H2,1-3H3,(H,29,33)(H,31,34)/t19-,20+,23-/m1/s1. The van der Waals surface area contributed by atoms with E-state index in [0.29, 0.717) is 13.0 Å². The number of rotatable bonds is 13. The molecule has 3 atom stereocenters. The van der Waals surface area contributed by atoms with Gasteiger partial charge in [0.25, 0.3) is 5.91 Å². The Morgan fingerprint density at radius 2 is 1.89 bits per heavy atom. The van der Waals surface area contributed by atoms with E-state index in [2.05, 4.69) is 20.6 Å². The van der Waals surface area contributed by atoms with E-state index in [1.165, 1.54) is 18.6 Å². The van der Waals surface area contributed by atoms with Gasteiger partial charge in [-0.1, -0.05) is 44.2 Å². The molecule has 0 bridgehead atoms. The Hall–Kier alpha value is -3.60. The molecular formula is C26H33BN4O6. The molecular weight excluding hydrogens is 475 g/mol. The lowest BCUT2D eigenvalue weighted by molar-refractivity contribution is -0.139. The van der Waals surface area contributed by atoms with Gasteiger partial charge in [-0.05, 0) is 31.2 Å². The van der Waals surface area contributed by atoms with Gasteiger partial charge in [-0.2, -0.15) is 0 Å². The van der Waals surface area contributed by atoms with Gasteiger partial charge < -0.3 is 19.9 Å². The third kappa shape index (κ3) is 8.49. The summed E-state index contributed by atoms with van der Waals surface area (Å²) < 4.78 is 11.3. The van der Waals surface area contributed by atoms with Gasteiger partial charge in [0.1, 0.15) is 11.8 Å². The summed E-state index contributed by atoms with van der Waals surface area (Å²) in [6, 6.07) is 8.53. The predicted octanol–water partition coefficient (Wildman–Crippen LogP) is 2.15. The van der Waals surface area contributed by atoms with E-state index in [4.69, 9.17) is 9.31 Å². The number of nitrogens with one attached hydrogen (secondary N) is 2. The largest absolute Gasteiger partial charge is 0.531 e. The summed E-state index contributed by atoms with van der Waals surface area (Å²) in [6.45, 7) is 6.22. The Labute approximate surface area is 217 Å². The van der Waals surface area contributed by atoms with Crippen molar-refractivity contribution in [1.82, 2.24) is 20.6 Å². The molecule has 0 radical (unpaired) electrons. The van der Waals surface area contributed by atoms with Gasteiger partial charge in [0.2, 0.25) is 5.91 Å². The number of ketones is 1. The highest BCUT2D eigenvalue weighted by atomic mass is 16.7. The maximum atomic E-state index is 13.6. The lowest BCUT2D eigenvalue weighted by atomic mass is 9.65. The van der Waals surface area contributed by atoms with E-state index < -0.39 is 37.0 Å². The Balaban J connectivity index is 1.75. The van der Waals surface area contributed by atoms with Crippen LogP contribution in [0.2, 0.25) is 5.82 Å². The van der Waals surface area contributed by atoms with Gasteiger partial charge in [-0.25, -0.2) is 4.98 Å². The molecule has 0 aliphatic carbocycles. The van der Waals surface area contributed by atoms with Crippen LogP contribution in [0.5, 0.6) is 0 Å². The highest BCUT2D eigenvalue weighted by molar-refractivity contribution is 6.51. The van der Waals surface area contributed by atoms with E-state index in [-0.39, 0.29) is 42.6 Å². The summed E-state index contributed by atoms with van der Waals surface area (Å²) >= 11 is 0. The van der Waals surface area contributed by atoms with Crippen molar-refractivity contribution in [1.29, 1.82) is 0 Å². The Morgan fingerprint density at radius 3 is 2.54 bits per heavy atom. The van der Waals surface area contributed by atoms with E-state index in [0.717, 1.165) is 5.56 Å². The van der Waals surface area contributed by atoms with Crippen LogP contribution in [0.4, 0.5) is 0 Å². The average molecular weight is 508 g/mol. The molecule has 2 aromatic rings. The first-order valence-electron chi connectivity index (χ1n) is 12.5. The number of benzene rings is 1. The summed E-state index contributed by atoms with van der Waals surface area (Å²) in [5, 5.41) is 5.44. The summed E-state index contributed by atoms with van der Waals surface area (Å²) in [6.07, 6.45) is 3.89. The van der Waals surface area contributed by atoms with Crippen LogP contribution in [0, 0.1) is 5.92 Å². The molecule has 2 N–H and O–H groups in total. The minimum Gasteiger partial charge on any atom is -0.507 e. The first kappa shape index (κ1) is 28.0. The van der Waals surface area contributed by atoms with Gasteiger partial charge in [0.15, 0.2) is 5.78 Å². The topological polar surface area (TPSA) is 137 Å². The molecule has 1 aliphatic rings. The van der Waals surface area contributed by atoms with Gasteiger partial charge in [-0.15, -0.1) is 0 Å². The van der Waals surface area contributed by atoms with Crippen molar-refractivity contribution in [2.24, 2.45) is 5.92 Å². The first-order chi connectivity index (χ1) is 17.8. The predicted molar refractivity (Wildman–Crippen MR) is 136 cm³/mol. The van der Waals surface area contributed by atoms with Crippen LogP contribution in [-0.4, -0.2) is 59.3 Å². The molecule has 11 heteroatoms. The van der Waals surface area contributed by atoms with Gasteiger partial charge >= 0.3 is 13.1 Å². The molecule has 2 amide bonds. The second kappa shape index (κ2) is 13.6. The number of aromatic nitrogens is 2. The Kier molecular flexibility index (Phi) is 10.3. The number of hydrogen-bond donors (Lipinski definition) is 2. The minimum atomic E-state index is -1.02. The number of carbonyl (C=O) groups is 4. The second-order valence-electron chi connectivity index (χ2n) is 9.45. The van der Waals surface area contributed by atoms with E-state index in [9.17, 15) is 19.2 Å². The van der Waals surface area contributed by atoms with Gasteiger partial charge in [-0.3, -0.25) is 24.2 Å². The molecule has 2 heterocycles. The zero-order chi connectivity index (χ0) is 26.8. The molecule has 1 saturated heterocycles. The molecule has 3 rings (SSSR count). The van der Waals surface area contributed by atoms with Crippen LogP contribution in [0.1, 0.15) is 56.1 Å². The van der Waals surface area contributed by atoms with E-state index in [1.54, 1.807) is 6.92 Å². The zero-order valence-electron chi connectivity index (χ0n) is 21.4. The van der Waals surface area contributed by atoms with Gasteiger partial charge in [0.05, 0.1) is 18.7 Å². The van der Waals surface area contributed by atoms with Crippen molar-refractivity contribution < 1.29 is 28.5 Å². The maximum absolute atomic E-state index is 13.6. The fourth-order valence-corrected chi connectivity index (χ4v) is 4.25. The van der Waals surface area contributed by atoms with Crippen molar-refractivity contribution in [3.05, 3.63) is 60.2 Å². The number of hydrogen-bond acceptors (Lipinski definition) is 8. The highest BCUT2D eigenvalue weighted by Gasteiger charge is 2.47. The molecule has 0 spiro atoms. The SMILES string of the molecule is CCNC(=O)C[C@H]1OB([C@@H](CC(=O)[C@H](Cc2ccccc2)NC(=O)c2cnccn2)CC(C)C)OC1=O. The monoisotopic (exact) mass is 508 g/mol. The summed E-state index contributed by atoms with van der Waals surface area (Å²) in [7, 11) is -0.952. The molecule has 1 aromatic heterocycles. The maximum Gasteiger partial charge on any atom is 0.531 e. The summed E-state index contributed by atoms with van der Waals surface area (Å²) in [5.41, 5.74) is 0.986. The smallest absolute Gasteiger partial charge is 0.507 e. The quantitative estimate of drug-likeness (QED) is 0.393. The van der Waals surface area contributed by atoms with Crippen LogP contribution in [0.15, 0.2) is 48.9 Å².